The number of hydrogen-bond acceptors (Lipinski definition) is 3. The quantitative estimate of drug-likeness (QED) is 0.731. The summed E-state index contributed by atoms with van der Waals surface area (Å²) in [5, 5.41) is 11.5. The summed E-state index contributed by atoms with van der Waals surface area (Å²) in [5.74, 6) is 1.71. The highest BCUT2D eigenvalue weighted by atomic mass is 15.3. The highest BCUT2D eigenvalue weighted by molar-refractivity contribution is 4.98. The second-order valence-electron chi connectivity index (χ2n) is 3.52. The molecule has 2 rings (SSSR count). The van der Waals surface area contributed by atoms with Gasteiger partial charge >= 0.3 is 0 Å². The largest absolute Gasteiger partial charge is 0.318 e. The summed E-state index contributed by atoms with van der Waals surface area (Å²) in [7, 11) is 0. The van der Waals surface area contributed by atoms with Gasteiger partial charge in [-0.3, -0.25) is 0 Å². The molecule has 1 aliphatic rings. The Kier molecular flexibility index (Phi) is 2.59. The van der Waals surface area contributed by atoms with Crippen molar-refractivity contribution < 1.29 is 0 Å². The molecule has 72 valence electrons. The zero-order chi connectivity index (χ0) is 9.10. The van der Waals surface area contributed by atoms with Crippen molar-refractivity contribution in [1.29, 1.82) is 0 Å². The Morgan fingerprint density at radius 3 is 3.31 bits per heavy atom. The fraction of sp³-hybridized carbons (Fsp3) is 0.778. The van der Waals surface area contributed by atoms with Gasteiger partial charge in [-0.1, -0.05) is 0 Å². The molecule has 0 bridgehead atoms. The molecule has 1 N–H and O–H groups in total. The van der Waals surface area contributed by atoms with Gasteiger partial charge in [0, 0.05) is 19.0 Å². The first-order chi connectivity index (χ1) is 6.42. The first kappa shape index (κ1) is 8.69. The molecule has 4 heteroatoms. The normalized spacial score (nSPS) is 23.3. The summed E-state index contributed by atoms with van der Waals surface area (Å²) >= 11 is 0. The van der Waals surface area contributed by atoms with Gasteiger partial charge in [-0.15, -0.1) is 10.2 Å². The maximum absolute atomic E-state index is 4.18. The van der Waals surface area contributed by atoms with E-state index in [4.69, 9.17) is 0 Å². The highest BCUT2D eigenvalue weighted by Crippen LogP contribution is 2.20. The lowest BCUT2D eigenvalue weighted by Crippen LogP contribution is -2.30. The molecule has 4 nitrogen and oxygen atoms in total. The van der Waals surface area contributed by atoms with Crippen molar-refractivity contribution in [3.05, 3.63) is 12.2 Å². The third kappa shape index (κ3) is 1.72. The van der Waals surface area contributed by atoms with Crippen LogP contribution in [0.1, 0.15) is 31.5 Å². The van der Waals surface area contributed by atoms with Crippen LogP contribution in [0.25, 0.3) is 0 Å². The first-order valence-corrected chi connectivity index (χ1v) is 5.00. The lowest BCUT2D eigenvalue weighted by molar-refractivity contribution is 0.433. The predicted molar refractivity (Wildman–Crippen MR) is 50.5 cm³/mol. The van der Waals surface area contributed by atoms with Crippen LogP contribution in [0, 0.1) is 0 Å². The van der Waals surface area contributed by atoms with Crippen LogP contribution >= 0.6 is 0 Å². The lowest BCUT2D eigenvalue weighted by Gasteiger charge is -2.21. The van der Waals surface area contributed by atoms with Gasteiger partial charge in [0.1, 0.15) is 12.2 Å². The number of nitrogens with zero attached hydrogens (tertiary/aromatic N) is 3. The van der Waals surface area contributed by atoms with Crippen LogP contribution in [-0.2, 0) is 6.54 Å². The number of hydrogen-bond donors (Lipinski definition) is 1. The summed E-state index contributed by atoms with van der Waals surface area (Å²) in [6.07, 6.45) is 4.32. The van der Waals surface area contributed by atoms with Gasteiger partial charge in [0.25, 0.3) is 0 Å². The van der Waals surface area contributed by atoms with Crippen molar-refractivity contribution in [2.45, 2.75) is 32.2 Å². The van der Waals surface area contributed by atoms with Gasteiger partial charge < -0.3 is 9.88 Å². The van der Waals surface area contributed by atoms with E-state index in [1.165, 1.54) is 12.8 Å². The number of rotatable bonds is 2. The summed E-state index contributed by atoms with van der Waals surface area (Å²) < 4.78 is 2.14. The SMILES string of the molecule is CCn1cnnc1[C@@H]1CCCNC1. The summed E-state index contributed by atoms with van der Waals surface area (Å²) in [4.78, 5) is 0. The second kappa shape index (κ2) is 3.87. The van der Waals surface area contributed by atoms with E-state index in [0.717, 1.165) is 25.5 Å². The van der Waals surface area contributed by atoms with Gasteiger partial charge in [-0.25, -0.2) is 0 Å². The molecule has 0 aromatic carbocycles. The van der Waals surface area contributed by atoms with E-state index in [1.807, 2.05) is 6.33 Å². The molecule has 1 atom stereocenters. The van der Waals surface area contributed by atoms with E-state index in [-0.39, 0.29) is 0 Å². The third-order valence-corrected chi connectivity index (χ3v) is 2.65. The Morgan fingerprint density at radius 1 is 1.69 bits per heavy atom. The lowest BCUT2D eigenvalue weighted by atomic mass is 9.99. The molecule has 0 saturated carbocycles. The maximum atomic E-state index is 4.18. The van der Waals surface area contributed by atoms with Crippen LogP contribution in [0.5, 0.6) is 0 Å². The summed E-state index contributed by atoms with van der Waals surface area (Å²) in [5.41, 5.74) is 0. The van der Waals surface area contributed by atoms with Crippen LogP contribution in [-0.4, -0.2) is 27.9 Å². The van der Waals surface area contributed by atoms with Crippen molar-refractivity contribution >= 4 is 0 Å². The number of aromatic nitrogens is 3. The Labute approximate surface area is 78.4 Å². The fourth-order valence-corrected chi connectivity index (χ4v) is 1.90. The molecule has 0 spiro atoms. The molecular weight excluding hydrogens is 164 g/mol. The molecule has 1 fully saturated rings. The summed E-state index contributed by atoms with van der Waals surface area (Å²) in [6.45, 7) is 5.30. The highest BCUT2D eigenvalue weighted by Gasteiger charge is 2.19. The van der Waals surface area contributed by atoms with Crippen LogP contribution in [0.2, 0.25) is 0 Å². The number of piperidine rings is 1. The van der Waals surface area contributed by atoms with E-state index < -0.39 is 0 Å². The first-order valence-electron chi connectivity index (χ1n) is 5.00. The predicted octanol–water partition coefficient (Wildman–Crippen LogP) is 0.765. The number of aryl methyl sites for hydroxylation is 1. The minimum atomic E-state index is 0.566. The van der Waals surface area contributed by atoms with Crippen LogP contribution in [0.4, 0.5) is 0 Å². The van der Waals surface area contributed by atoms with Gasteiger partial charge in [0.15, 0.2) is 0 Å². The minimum absolute atomic E-state index is 0.566. The van der Waals surface area contributed by atoms with Crippen molar-refractivity contribution in [1.82, 2.24) is 20.1 Å². The molecule has 0 amide bonds. The summed E-state index contributed by atoms with van der Waals surface area (Å²) in [6, 6.07) is 0. The standard InChI is InChI=1S/C9H16N4/c1-2-13-7-11-12-9(13)8-4-3-5-10-6-8/h7-8,10H,2-6H2,1H3/t8-/m1/s1. The average Bonchev–Trinajstić information content (AvgIpc) is 2.67. The molecular formula is C9H16N4. The van der Waals surface area contributed by atoms with Crippen molar-refractivity contribution in [2.24, 2.45) is 0 Å². The van der Waals surface area contributed by atoms with Crippen LogP contribution in [0.15, 0.2) is 6.33 Å². The number of nitrogens with one attached hydrogen (secondary N) is 1. The Balaban J connectivity index is 2.13. The molecule has 0 radical (unpaired) electrons. The van der Waals surface area contributed by atoms with Gasteiger partial charge in [-0.2, -0.15) is 0 Å². The molecule has 1 aromatic heterocycles. The second-order valence-corrected chi connectivity index (χ2v) is 3.52. The molecule has 2 heterocycles. The van der Waals surface area contributed by atoms with Gasteiger partial charge in [-0.05, 0) is 26.3 Å². The molecule has 0 unspecified atom stereocenters. The van der Waals surface area contributed by atoms with Crippen molar-refractivity contribution in [3.8, 4) is 0 Å². The van der Waals surface area contributed by atoms with Crippen molar-refractivity contribution in [3.63, 3.8) is 0 Å². The molecule has 13 heavy (non-hydrogen) atoms. The molecule has 1 saturated heterocycles. The Bertz CT molecular complexity index is 262. The van der Waals surface area contributed by atoms with Crippen LogP contribution < -0.4 is 5.32 Å². The molecule has 0 aliphatic carbocycles. The smallest absolute Gasteiger partial charge is 0.137 e. The zero-order valence-corrected chi connectivity index (χ0v) is 8.03. The Hall–Kier alpha value is -0.900. The Morgan fingerprint density at radius 2 is 2.62 bits per heavy atom. The van der Waals surface area contributed by atoms with Crippen LogP contribution in [0.3, 0.4) is 0 Å². The van der Waals surface area contributed by atoms with E-state index in [2.05, 4.69) is 27.0 Å². The fourth-order valence-electron chi connectivity index (χ4n) is 1.90. The monoisotopic (exact) mass is 180 g/mol. The van der Waals surface area contributed by atoms with E-state index in [1.54, 1.807) is 0 Å². The maximum Gasteiger partial charge on any atom is 0.137 e. The molecule has 1 aliphatic heterocycles. The van der Waals surface area contributed by atoms with E-state index in [9.17, 15) is 0 Å². The third-order valence-electron chi connectivity index (χ3n) is 2.65. The van der Waals surface area contributed by atoms with Crippen molar-refractivity contribution in [2.75, 3.05) is 13.1 Å². The van der Waals surface area contributed by atoms with Gasteiger partial charge in [0.05, 0.1) is 0 Å². The zero-order valence-electron chi connectivity index (χ0n) is 8.03. The average molecular weight is 180 g/mol. The topological polar surface area (TPSA) is 42.7 Å². The van der Waals surface area contributed by atoms with E-state index >= 15 is 0 Å². The molecule has 1 aromatic rings. The van der Waals surface area contributed by atoms with E-state index in [0.29, 0.717) is 5.92 Å². The van der Waals surface area contributed by atoms with Gasteiger partial charge in [0.2, 0.25) is 0 Å². The minimum Gasteiger partial charge on any atom is -0.318 e.